The lowest BCUT2D eigenvalue weighted by atomic mass is 10.00. The van der Waals surface area contributed by atoms with Gasteiger partial charge in [-0.3, -0.25) is 29.4 Å². The van der Waals surface area contributed by atoms with Gasteiger partial charge in [-0.2, -0.15) is 0 Å². The number of thioether (sulfide) groups is 1. The summed E-state index contributed by atoms with van der Waals surface area (Å²) in [6, 6.07) is 12.5. The van der Waals surface area contributed by atoms with E-state index >= 15 is 0 Å². The highest BCUT2D eigenvalue weighted by Gasteiger charge is 2.37. The molecule has 3 amide bonds. The molecule has 0 aromatic heterocycles. The van der Waals surface area contributed by atoms with Gasteiger partial charge in [0.05, 0.1) is 9.83 Å². The Labute approximate surface area is 182 Å². The number of aryl methyl sites for hydroxylation is 1. The van der Waals surface area contributed by atoms with Crippen molar-refractivity contribution in [1.29, 1.82) is 0 Å². The molecule has 0 saturated carbocycles. The number of rotatable bonds is 4. The molecular formula is C22H19N3O5S. The Morgan fingerprint density at radius 2 is 1.94 bits per heavy atom. The van der Waals surface area contributed by atoms with Gasteiger partial charge in [0.2, 0.25) is 5.91 Å². The molecule has 9 heteroatoms. The molecule has 0 spiro atoms. The van der Waals surface area contributed by atoms with Gasteiger partial charge in [-0.25, -0.2) is 0 Å². The Morgan fingerprint density at radius 3 is 2.68 bits per heavy atom. The van der Waals surface area contributed by atoms with Crippen molar-refractivity contribution in [3.8, 4) is 0 Å². The molecule has 1 saturated heterocycles. The molecule has 0 aliphatic carbocycles. The molecule has 2 aliphatic rings. The third-order valence-electron chi connectivity index (χ3n) is 5.38. The van der Waals surface area contributed by atoms with Crippen LogP contribution in [0.3, 0.4) is 0 Å². The summed E-state index contributed by atoms with van der Waals surface area (Å²) in [6.07, 6.45) is 2.18. The van der Waals surface area contributed by atoms with E-state index in [4.69, 9.17) is 0 Å². The Morgan fingerprint density at radius 1 is 1.19 bits per heavy atom. The van der Waals surface area contributed by atoms with Crippen LogP contribution in [0.5, 0.6) is 0 Å². The van der Waals surface area contributed by atoms with Crippen LogP contribution in [0.1, 0.15) is 22.3 Å². The van der Waals surface area contributed by atoms with Gasteiger partial charge in [0.1, 0.15) is 6.54 Å². The van der Waals surface area contributed by atoms with Gasteiger partial charge in [0, 0.05) is 24.7 Å². The number of nitrogens with zero attached hydrogens (tertiary/aromatic N) is 3. The van der Waals surface area contributed by atoms with Gasteiger partial charge in [0.15, 0.2) is 0 Å². The Kier molecular flexibility index (Phi) is 5.60. The summed E-state index contributed by atoms with van der Waals surface area (Å²) in [5, 5.41) is 10.6. The van der Waals surface area contributed by atoms with E-state index < -0.39 is 16.1 Å². The second-order valence-corrected chi connectivity index (χ2v) is 8.40. The first-order valence-electron chi connectivity index (χ1n) is 9.68. The van der Waals surface area contributed by atoms with E-state index in [1.807, 2.05) is 24.3 Å². The highest BCUT2D eigenvalue weighted by atomic mass is 32.2. The number of amides is 3. The lowest BCUT2D eigenvalue weighted by molar-refractivity contribution is -0.385. The summed E-state index contributed by atoms with van der Waals surface area (Å²) in [6.45, 7) is 2.29. The van der Waals surface area contributed by atoms with Crippen molar-refractivity contribution >= 4 is 40.6 Å². The Hall–Kier alpha value is -3.46. The second kappa shape index (κ2) is 8.35. The Balaban J connectivity index is 1.48. The number of hydrogen-bond acceptors (Lipinski definition) is 6. The van der Waals surface area contributed by atoms with Gasteiger partial charge in [-0.1, -0.05) is 36.4 Å². The van der Waals surface area contributed by atoms with E-state index in [2.05, 4.69) is 0 Å². The highest BCUT2D eigenvalue weighted by molar-refractivity contribution is 8.18. The van der Waals surface area contributed by atoms with Crippen LogP contribution in [0.15, 0.2) is 47.4 Å². The molecule has 8 nitrogen and oxygen atoms in total. The predicted molar refractivity (Wildman–Crippen MR) is 116 cm³/mol. The largest absolute Gasteiger partial charge is 0.336 e. The molecule has 4 rings (SSSR count). The van der Waals surface area contributed by atoms with E-state index in [-0.39, 0.29) is 23.0 Å². The van der Waals surface area contributed by atoms with Gasteiger partial charge in [-0.05, 0) is 47.9 Å². The number of nitro benzene ring substituents is 1. The monoisotopic (exact) mass is 437 g/mol. The smallest absolute Gasteiger partial charge is 0.294 e. The zero-order valence-electron chi connectivity index (χ0n) is 16.7. The first kappa shape index (κ1) is 20.8. The predicted octanol–water partition coefficient (Wildman–Crippen LogP) is 3.52. The molecule has 0 radical (unpaired) electrons. The van der Waals surface area contributed by atoms with Crippen molar-refractivity contribution in [2.24, 2.45) is 0 Å². The van der Waals surface area contributed by atoms with E-state index in [1.54, 1.807) is 24.0 Å². The molecule has 2 heterocycles. The van der Waals surface area contributed by atoms with Crippen LogP contribution in [0, 0.1) is 17.0 Å². The standard InChI is InChI=1S/C22H19N3O5S/c1-14-6-7-15(10-18(14)25(29)30)11-19-21(27)24(22(28)31-19)13-20(26)23-9-8-16-4-2-3-5-17(16)12-23/h2-7,10-11H,8-9,12-13H2,1H3/b19-11-. The molecule has 0 unspecified atom stereocenters. The van der Waals surface area contributed by atoms with E-state index in [1.165, 1.54) is 17.7 Å². The van der Waals surface area contributed by atoms with Gasteiger partial charge < -0.3 is 4.90 Å². The average molecular weight is 437 g/mol. The summed E-state index contributed by atoms with van der Waals surface area (Å²) in [7, 11) is 0. The molecule has 158 valence electrons. The zero-order valence-corrected chi connectivity index (χ0v) is 17.6. The van der Waals surface area contributed by atoms with Crippen LogP contribution < -0.4 is 0 Å². The first-order chi connectivity index (χ1) is 14.8. The molecule has 0 atom stereocenters. The number of imide groups is 1. The van der Waals surface area contributed by atoms with Crippen molar-refractivity contribution < 1.29 is 19.3 Å². The fourth-order valence-corrected chi connectivity index (χ4v) is 4.48. The van der Waals surface area contributed by atoms with Gasteiger partial charge in [0.25, 0.3) is 16.8 Å². The quantitative estimate of drug-likeness (QED) is 0.412. The third-order valence-corrected chi connectivity index (χ3v) is 6.29. The minimum absolute atomic E-state index is 0.0615. The molecule has 31 heavy (non-hydrogen) atoms. The van der Waals surface area contributed by atoms with Crippen molar-refractivity contribution in [3.05, 3.63) is 79.7 Å². The minimum Gasteiger partial charge on any atom is -0.336 e. The van der Waals surface area contributed by atoms with Crippen LogP contribution in [-0.4, -0.2) is 44.9 Å². The fourth-order valence-electron chi connectivity index (χ4n) is 3.64. The van der Waals surface area contributed by atoms with Crippen LogP contribution in [0.25, 0.3) is 6.08 Å². The van der Waals surface area contributed by atoms with Crippen LogP contribution >= 0.6 is 11.8 Å². The molecule has 2 aromatic rings. The molecule has 2 aromatic carbocycles. The second-order valence-electron chi connectivity index (χ2n) is 7.40. The third kappa shape index (κ3) is 4.22. The first-order valence-corrected chi connectivity index (χ1v) is 10.5. The summed E-state index contributed by atoms with van der Waals surface area (Å²) >= 11 is 0.730. The average Bonchev–Trinajstić information content (AvgIpc) is 3.01. The molecule has 1 fully saturated rings. The SMILES string of the molecule is Cc1ccc(/C=C2\SC(=O)N(CC(=O)N3CCc4ccccc4C3)C2=O)cc1[N+](=O)[O-]. The lowest BCUT2D eigenvalue weighted by Gasteiger charge is -2.29. The van der Waals surface area contributed by atoms with Crippen molar-refractivity contribution in [2.75, 3.05) is 13.1 Å². The number of benzene rings is 2. The highest BCUT2D eigenvalue weighted by Crippen LogP contribution is 2.33. The van der Waals surface area contributed by atoms with Crippen molar-refractivity contribution in [2.45, 2.75) is 19.9 Å². The van der Waals surface area contributed by atoms with Crippen LogP contribution in [0.2, 0.25) is 0 Å². The summed E-state index contributed by atoms with van der Waals surface area (Å²) in [5.74, 6) is -0.854. The van der Waals surface area contributed by atoms with Gasteiger partial charge >= 0.3 is 0 Å². The molecule has 2 aliphatic heterocycles. The lowest BCUT2D eigenvalue weighted by Crippen LogP contribution is -2.44. The Bertz CT molecular complexity index is 1140. The van der Waals surface area contributed by atoms with Crippen LogP contribution in [-0.2, 0) is 22.6 Å². The topological polar surface area (TPSA) is 101 Å². The fraction of sp³-hybridized carbons (Fsp3) is 0.227. The number of fused-ring (bicyclic) bond motifs is 1. The minimum atomic E-state index is -0.566. The number of hydrogen-bond donors (Lipinski definition) is 0. The summed E-state index contributed by atoms with van der Waals surface area (Å²) in [4.78, 5) is 51.2. The molecule has 0 N–H and O–H groups in total. The number of carbonyl (C=O) groups is 3. The van der Waals surface area contributed by atoms with Crippen molar-refractivity contribution in [3.63, 3.8) is 0 Å². The van der Waals surface area contributed by atoms with Gasteiger partial charge in [-0.15, -0.1) is 0 Å². The maximum atomic E-state index is 12.8. The van der Waals surface area contributed by atoms with E-state index in [9.17, 15) is 24.5 Å². The number of carbonyl (C=O) groups excluding carboxylic acids is 3. The summed E-state index contributed by atoms with van der Waals surface area (Å²) in [5.41, 5.74) is 3.16. The summed E-state index contributed by atoms with van der Waals surface area (Å²) < 4.78 is 0. The zero-order chi connectivity index (χ0) is 22.1. The van der Waals surface area contributed by atoms with E-state index in [0.29, 0.717) is 24.2 Å². The van der Waals surface area contributed by atoms with Crippen molar-refractivity contribution in [1.82, 2.24) is 9.80 Å². The molecular weight excluding hydrogens is 418 g/mol. The molecule has 0 bridgehead atoms. The number of nitro groups is 1. The van der Waals surface area contributed by atoms with E-state index in [0.717, 1.165) is 28.6 Å². The normalized spacial score (nSPS) is 17.3. The van der Waals surface area contributed by atoms with Crippen LogP contribution in [0.4, 0.5) is 10.5 Å². The maximum absolute atomic E-state index is 12.8. The maximum Gasteiger partial charge on any atom is 0.294 e.